The molecule has 2 rings (SSSR count). The van der Waals surface area contributed by atoms with Crippen molar-refractivity contribution in [3.05, 3.63) is 18.0 Å². The van der Waals surface area contributed by atoms with E-state index in [0.29, 0.717) is 11.4 Å². The van der Waals surface area contributed by atoms with E-state index in [1.807, 2.05) is 4.90 Å². The van der Waals surface area contributed by atoms with Crippen LogP contribution in [0.5, 0.6) is 0 Å². The largest absolute Gasteiger partial charge is 0.433 e. The molecule has 2 N–H and O–H groups in total. The number of nitrogens with two attached hydrogens (primary N) is 1. The zero-order chi connectivity index (χ0) is 12.5. The minimum absolute atomic E-state index is 0.305. The molecule has 1 aliphatic rings. The van der Waals surface area contributed by atoms with Crippen LogP contribution in [0.4, 0.5) is 24.5 Å². The predicted octanol–water partition coefficient (Wildman–Crippen LogP) is 2.67. The molecule has 0 radical (unpaired) electrons. The summed E-state index contributed by atoms with van der Waals surface area (Å²) in [4.78, 5) is 5.23. The van der Waals surface area contributed by atoms with Crippen molar-refractivity contribution in [3.63, 3.8) is 0 Å². The lowest BCUT2D eigenvalue weighted by molar-refractivity contribution is -0.141. The van der Waals surface area contributed by atoms with E-state index >= 15 is 0 Å². The van der Waals surface area contributed by atoms with Crippen LogP contribution < -0.4 is 10.6 Å². The van der Waals surface area contributed by atoms with Gasteiger partial charge in [0.1, 0.15) is 5.69 Å². The molecule has 0 amide bonds. The molecule has 0 bridgehead atoms. The van der Waals surface area contributed by atoms with E-state index in [-0.39, 0.29) is 0 Å². The Morgan fingerprint density at radius 3 is 2.41 bits per heavy atom. The van der Waals surface area contributed by atoms with Crippen molar-refractivity contribution in [3.8, 4) is 0 Å². The topological polar surface area (TPSA) is 42.1 Å². The Morgan fingerprint density at radius 2 is 1.82 bits per heavy atom. The fraction of sp³-hybridized carbons (Fsp3) is 0.545. The maximum Gasteiger partial charge on any atom is 0.433 e. The van der Waals surface area contributed by atoms with Crippen molar-refractivity contribution in [2.45, 2.75) is 25.4 Å². The maximum absolute atomic E-state index is 12.5. The summed E-state index contributed by atoms with van der Waals surface area (Å²) in [5.74, 6) is 0. The molecule has 0 aromatic carbocycles. The average Bonchev–Trinajstić information content (AvgIpc) is 2.29. The number of alkyl halides is 3. The molecule has 0 unspecified atom stereocenters. The van der Waals surface area contributed by atoms with Crippen LogP contribution in [0.25, 0.3) is 0 Å². The molecule has 1 aromatic heterocycles. The number of nitrogen functional groups attached to an aromatic ring is 1. The molecular formula is C11H14F3N3. The molecule has 1 aromatic rings. The highest BCUT2D eigenvalue weighted by molar-refractivity contribution is 5.67. The third kappa shape index (κ3) is 2.62. The van der Waals surface area contributed by atoms with Crippen molar-refractivity contribution in [2.24, 2.45) is 0 Å². The Labute approximate surface area is 97.4 Å². The number of hydrogen-bond acceptors (Lipinski definition) is 3. The van der Waals surface area contributed by atoms with Gasteiger partial charge in [0.2, 0.25) is 0 Å². The Morgan fingerprint density at radius 1 is 1.18 bits per heavy atom. The van der Waals surface area contributed by atoms with Crippen LogP contribution >= 0.6 is 0 Å². The van der Waals surface area contributed by atoms with Crippen molar-refractivity contribution in [1.82, 2.24) is 4.98 Å². The van der Waals surface area contributed by atoms with E-state index in [2.05, 4.69) is 4.98 Å². The minimum atomic E-state index is -4.42. The normalized spacial score (nSPS) is 17.2. The SMILES string of the molecule is Nc1cnc(C(F)(F)F)cc1N1CCCCC1. The number of piperidine rings is 1. The molecule has 0 aliphatic carbocycles. The van der Waals surface area contributed by atoms with Gasteiger partial charge in [0, 0.05) is 13.1 Å². The monoisotopic (exact) mass is 245 g/mol. The van der Waals surface area contributed by atoms with Gasteiger partial charge in [-0.15, -0.1) is 0 Å². The molecule has 0 atom stereocenters. The molecule has 0 spiro atoms. The molecule has 1 fully saturated rings. The number of halogens is 3. The molecular weight excluding hydrogens is 231 g/mol. The van der Waals surface area contributed by atoms with Gasteiger partial charge in [-0.2, -0.15) is 13.2 Å². The first kappa shape index (κ1) is 12.0. The van der Waals surface area contributed by atoms with Crippen molar-refractivity contribution >= 4 is 11.4 Å². The highest BCUT2D eigenvalue weighted by Gasteiger charge is 2.33. The summed E-state index contributed by atoms with van der Waals surface area (Å²) in [6.45, 7) is 1.51. The van der Waals surface area contributed by atoms with E-state index in [1.165, 1.54) is 0 Å². The van der Waals surface area contributed by atoms with Gasteiger partial charge >= 0.3 is 6.18 Å². The molecule has 94 valence electrons. The van der Waals surface area contributed by atoms with Crippen molar-refractivity contribution in [2.75, 3.05) is 23.7 Å². The molecule has 6 heteroatoms. The van der Waals surface area contributed by atoms with Crippen LogP contribution in [0.15, 0.2) is 12.3 Å². The second-order valence-corrected chi connectivity index (χ2v) is 4.17. The third-order valence-corrected chi connectivity index (χ3v) is 2.90. The first-order valence-corrected chi connectivity index (χ1v) is 5.56. The van der Waals surface area contributed by atoms with Crippen LogP contribution in [0.2, 0.25) is 0 Å². The van der Waals surface area contributed by atoms with E-state index in [4.69, 9.17) is 5.73 Å². The lowest BCUT2D eigenvalue weighted by Crippen LogP contribution is -2.30. The fourth-order valence-electron chi connectivity index (χ4n) is 2.02. The van der Waals surface area contributed by atoms with E-state index in [1.54, 1.807) is 0 Å². The summed E-state index contributed by atoms with van der Waals surface area (Å²) in [7, 11) is 0. The van der Waals surface area contributed by atoms with Crippen LogP contribution in [0.1, 0.15) is 25.0 Å². The summed E-state index contributed by atoms with van der Waals surface area (Å²) in [6.07, 6.45) is -0.231. The zero-order valence-electron chi connectivity index (χ0n) is 9.30. The van der Waals surface area contributed by atoms with Gasteiger partial charge in [-0.3, -0.25) is 0 Å². The summed E-state index contributed by atoms with van der Waals surface area (Å²) < 4.78 is 37.6. The summed E-state index contributed by atoms with van der Waals surface area (Å²) in [5, 5.41) is 0. The van der Waals surface area contributed by atoms with Gasteiger partial charge < -0.3 is 10.6 Å². The molecule has 17 heavy (non-hydrogen) atoms. The van der Waals surface area contributed by atoms with Crippen LogP contribution in [0.3, 0.4) is 0 Å². The molecule has 2 heterocycles. The highest BCUT2D eigenvalue weighted by atomic mass is 19.4. The number of nitrogens with zero attached hydrogens (tertiary/aromatic N) is 2. The highest BCUT2D eigenvalue weighted by Crippen LogP contribution is 2.33. The summed E-state index contributed by atoms with van der Waals surface area (Å²) >= 11 is 0. The molecule has 0 saturated carbocycles. The fourth-order valence-corrected chi connectivity index (χ4v) is 2.02. The first-order valence-electron chi connectivity index (χ1n) is 5.56. The Hall–Kier alpha value is -1.46. The Bertz CT molecular complexity index is 397. The molecule has 1 aliphatic heterocycles. The average molecular weight is 245 g/mol. The number of anilines is 2. The first-order chi connectivity index (χ1) is 7.98. The number of rotatable bonds is 1. The smallest absolute Gasteiger partial charge is 0.396 e. The standard InChI is InChI=1S/C11H14F3N3/c12-11(13,14)10-6-9(8(15)7-16-10)17-4-2-1-3-5-17/h6-7H,1-5,15H2. The second kappa shape index (κ2) is 4.43. The van der Waals surface area contributed by atoms with Gasteiger partial charge in [-0.25, -0.2) is 4.98 Å². The van der Waals surface area contributed by atoms with Gasteiger partial charge in [-0.05, 0) is 25.3 Å². The van der Waals surface area contributed by atoms with Gasteiger partial charge in [0.25, 0.3) is 0 Å². The number of pyridine rings is 1. The van der Waals surface area contributed by atoms with Gasteiger partial charge in [-0.1, -0.05) is 0 Å². The number of aromatic nitrogens is 1. The van der Waals surface area contributed by atoms with E-state index in [9.17, 15) is 13.2 Å². The summed E-state index contributed by atoms with van der Waals surface area (Å²) in [5.41, 5.74) is 5.57. The van der Waals surface area contributed by atoms with Crippen LogP contribution in [-0.2, 0) is 6.18 Å². The lowest BCUT2D eigenvalue weighted by atomic mass is 10.1. The van der Waals surface area contributed by atoms with Crippen molar-refractivity contribution in [1.29, 1.82) is 0 Å². The van der Waals surface area contributed by atoms with E-state index in [0.717, 1.165) is 44.6 Å². The Balaban J connectivity index is 2.31. The minimum Gasteiger partial charge on any atom is -0.396 e. The Kier molecular flexibility index (Phi) is 3.13. The van der Waals surface area contributed by atoms with E-state index < -0.39 is 11.9 Å². The van der Waals surface area contributed by atoms with Crippen LogP contribution in [-0.4, -0.2) is 18.1 Å². The third-order valence-electron chi connectivity index (χ3n) is 2.90. The maximum atomic E-state index is 12.5. The zero-order valence-corrected chi connectivity index (χ0v) is 9.30. The lowest BCUT2D eigenvalue weighted by Gasteiger charge is -2.30. The molecule has 1 saturated heterocycles. The predicted molar refractivity (Wildman–Crippen MR) is 59.7 cm³/mol. The van der Waals surface area contributed by atoms with Gasteiger partial charge in [0.05, 0.1) is 17.6 Å². The van der Waals surface area contributed by atoms with Crippen LogP contribution in [0, 0.1) is 0 Å². The molecule has 3 nitrogen and oxygen atoms in total. The summed E-state index contributed by atoms with van der Waals surface area (Å²) in [6, 6.07) is 1.04. The number of hydrogen-bond donors (Lipinski definition) is 1. The van der Waals surface area contributed by atoms with Crippen molar-refractivity contribution < 1.29 is 13.2 Å². The second-order valence-electron chi connectivity index (χ2n) is 4.17. The quantitative estimate of drug-likeness (QED) is 0.827. The van der Waals surface area contributed by atoms with Gasteiger partial charge in [0.15, 0.2) is 0 Å².